The summed E-state index contributed by atoms with van der Waals surface area (Å²) in [4.78, 5) is 0. The molecule has 0 amide bonds. The van der Waals surface area contributed by atoms with Crippen LogP contribution in [-0.2, 0) is 0 Å². The Labute approximate surface area is 107 Å². The van der Waals surface area contributed by atoms with Gasteiger partial charge in [0, 0.05) is 10.5 Å². The van der Waals surface area contributed by atoms with Crippen molar-refractivity contribution in [3.8, 4) is 0 Å². The molecule has 0 fully saturated rings. The number of rotatable bonds is 5. The zero-order valence-electron chi connectivity index (χ0n) is 10.2. The molecule has 1 aromatic carbocycles. The minimum absolute atomic E-state index is 0.0977. The lowest BCUT2D eigenvalue weighted by Gasteiger charge is -2.27. The van der Waals surface area contributed by atoms with Gasteiger partial charge in [0.25, 0.3) is 0 Å². The summed E-state index contributed by atoms with van der Waals surface area (Å²) < 4.78 is 1.10. The third-order valence-electron chi connectivity index (χ3n) is 3.01. The molecule has 16 heavy (non-hydrogen) atoms. The van der Waals surface area contributed by atoms with E-state index in [4.69, 9.17) is 5.73 Å². The quantitative estimate of drug-likeness (QED) is 0.873. The van der Waals surface area contributed by atoms with Crippen molar-refractivity contribution in [3.63, 3.8) is 0 Å². The van der Waals surface area contributed by atoms with Crippen molar-refractivity contribution in [2.24, 2.45) is 17.6 Å². The lowest BCUT2D eigenvalue weighted by Crippen LogP contribution is -2.33. The zero-order chi connectivity index (χ0) is 12.1. The monoisotopic (exact) mass is 284 g/mol. The van der Waals surface area contributed by atoms with Crippen LogP contribution in [-0.4, -0.2) is 13.6 Å². The standard InChI is InChI=1S/C13H21BrN2/c1-9(2)12(8-16-3)13(15)10-4-6-11(14)7-5-10/h4-7,9,12-13,16H,8,15H2,1-3H3. The Kier molecular flexibility index (Phi) is 5.46. The summed E-state index contributed by atoms with van der Waals surface area (Å²) in [5.41, 5.74) is 7.53. The molecule has 0 aliphatic rings. The summed E-state index contributed by atoms with van der Waals surface area (Å²) in [6.45, 7) is 5.40. The van der Waals surface area contributed by atoms with Gasteiger partial charge in [-0.2, -0.15) is 0 Å². The molecule has 0 saturated carbocycles. The predicted octanol–water partition coefficient (Wildman–Crippen LogP) is 2.94. The summed E-state index contributed by atoms with van der Waals surface area (Å²) in [6, 6.07) is 8.39. The van der Waals surface area contributed by atoms with Crippen LogP contribution in [0.25, 0.3) is 0 Å². The van der Waals surface area contributed by atoms with Crippen LogP contribution < -0.4 is 11.1 Å². The topological polar surface area (TPSA) is 38.0 Å². The van der Waals surface area contributed by atoms with E-state index in [-0.39, 0.29) is 6.04 Å². The summed E-state index contributed by atoms with van der Waals surface area (Å²) >= 11 is 3.44. The van der Waals surface area contributed by atoms with Gasteiger partial charge in [0.15, 0.2) is 0 Å². The molecule has 0 aliphatic heterocycles. The maximum atomic E-state index is 6.32. The Morgan fingerprint density at radius 2 is 1.81 bits per heavy atom. The largest absolute Gasteiger partial charge is 0.324 e. The highest BCUT2D eigenvalue weighted by atomic mass is 79.9. The van der Waals surface area contributed by atoms with Crippen LogP contribution in [0.15, 0.2) is 28.7 Å². The summed E-state index contributed by atoms with van der Waals surface area (Å²) in [5.74, 6) is 1.04. The minimum atomic E-state index is 0.0977. The zero-order valence-corrected chi connectivity index (χ0v) is 11.8. The highest BCUT2D eigenvalue weighted by Crippen LogP contribution is 2.26. The summed E-state index contributed by atoms with van der Waals surface area (Å²) in [6.07, 6.45) is 0. The van der Waals surface area contributed by atoms with Crippen LogP contribution in [0, 0.1) is 11.8 Å². The van der Waals surface area contributed by atoms with Gasteiger partial charge >= 0.3 is 0 Å². The van der Waals surface area contributed by atoms with Crippen molar-refractivity contribution < 1.29 is 0 Å². The number of hydrogen-bond donors (Lipinski definition) is 2. The Balaban J connectivity index is 2.81. The second-order valence-corrected chi connectivity index (χ2v) is 5.46. The molecule has 0 aromatic heterocycles. The van der Waals surface area contributed by atoms with E-state index in [0.717, 1.165) is 11.0 Å². The molecule has 2 nitrogen and oxygen atoms in total. The fraction of sp³-hybridized carbons (Fsp3) is 0.538. The van der Waals surface area contributed by atoms with Crippen LogP contribution in [0.2, 0.25) is 0 Å². The van der Waals surface area contributed by atoms with E-state index in [2.05, 4.69) is 47.2 Å². The van der Waals surface area contributed by atoms with Gasteiger partial charge in [-0.3, -0.25) is 0 Å². The van der Waals surface area contributed by atoms with Crippen LogP contribution in [0.4, 0.5) is 0 Å². The van der Waals surface area contributed by atoms with E-state index >= 15 is 0 Å². The Bertz CT molecular complexity index is 308. The summed E-state index contributed by atoms with van der Waals surface area (Å²) in [7, 11) is 1.98. The van der Waals surface area contributed by atoms with Gasteiger partial charge in [0.1, 0.15) is 0 Å². The Morgan fingerprint density at radius 1 is 1.25 bits per heavy atom. The van der Waals surface area contributed by atoms with Gasteiger partial charge in [0.05, 0.1) is 0 Å². The van der Waals surface area contributed by atoms with Gasteiger partial charge in [-0.25, -0.2) is 0 Å². The van der Waals surface area contributed by atoms with Crippen LogP contribution in [0.3, 0.4) is 0 Å². The molecular formula is C13H21BrN2. The molecular weight excluding hydrogens is 264 g/mol. The van der Waals surface area contributed by atoms with Crippen LogP contribution in [0.5, 0.6) is 0 Å². The molecule has 1 aromatic rings. The van der Waals surface area contributed by atoms with Crippen molar-refractivity contribution in [1.82, 2.24) is 5.32 Å². The molecule has 90 valence electrons. The number of nitrogens with one attached hydrogen (secondary N) is 1. The lowest BCUT2D eigenvalue weighted by atomic mass is 9.85. The first-order chi connectivity index (χ1) is 7.56. The molecule has 0 bridgehead atoms. The predicted molar refractivity (Wildman–Crippen MR) is 73.3 cm³/mol. The fourth-order valence-corrected chi connectivity index (χ4v) is 2.21. The van der Waals surface area contributed by atoms with Crippen molar-refractivity contribution in [2.45, 2.75) is 19.9 Å². The minimum Gasteiger partial charge on any atom is -0.324 e. The number of nitrogens with two attached hydrogens (primary N) is 1. The van der Waals surface area contributed by atoms with Gasteiger partial charge in [-0.1, -0.05) is 41.9 Å². The molecule has 3 N–H and O–H groups in total. The van der Waals surface area contributed by atoms with Crippen molar-refractivity contribution in [1.29, 1.82) is 0 Å². The smallest absolute Gasteiger partial charge is 0.0338 e. The van der Waals surface area contributed by atoms with Crippen molar-refractivity contribution in [2.75, 3.05) is 13.6 Å². The number of hydrogen-bond acceptors (Lipinski definition) is 2. The molecule has 0 spiro atoms. The Hall–Kier alpha value is -0.380. The molecule has 0 saturated heterocycles. The number of halogens is 1. The third kappa shape index (κ3) is 3.58. The summed E-state index contributed by atoms with van der Waals surface area (Å²) in [5, 5.41) is 3.22. The molecule has 0 radical (unpaired) electrons. The van der Waals surface area contributed by atoms with Gasteiger partial charge in [-0.05, 0) is 43.1 Å². The average molecular weight is 285 g/mol. The van der Waals surface area contributed by atoms with E-state index in [0.29, 0.717) is 11.8 Å². The number of benzene rings is 1. The average Bonchev–Trinajstić information content (AvgIpc) is 2.25. The van der Waals surface area contributed by atoms with Gasteiger partial charge < -0.3 is 11.1 Å². The highest BCUT2D eigenvalue weighted by molar-refractivity contribution is 9.10. The van der Waals surface area contributed by atoms with E-state index in [1.165, 1.54) is 5.56 Å². The highest BCUT2D eigenvalue weighted by Gasteiger charge is 2.21. The first-order valence-electron chi connectivity index (χ1n) is 5.72. The van der Waals surface area contributed by atoms with Crippen molar-refractivity contribution >= 4 is 15.9 Å². The van der Waals surface area contributed by atoms with E-state index in [9.17, 15) is 0 Å². The maximum Gasteiger partial charge on any atom is 0.0338 e. The molecule has 2 atom stereocenters. The van der Waals surface area contributed by atoms with Gasteiger partial charge in [-0.15, -0.1) is 0 Å². The second-order valence-electron chi connectivity index (χ2n) is 4.54. The Morgan fingerprint density at radius 3 is 2.25 bits per heavy atom. The second kappa shape index (κ2) is 6.38. The SMILES string of the molecule is CNCC(C(C)C)C(N)c1ccc(Br)cc1. The maximum absolute atomic E-state index is 6.32. The van der Waals surface area contributed by atoms with Crippen molar-refractivity contribution in [3.05, 3.63) is 34.3 Å². The van der Waals surface area contributed by atoms with Gasteiger partial charge in [0.2, 0.25) is 0 Å². The molecule has 0 heterocycles. The normalized spacial score (nSPS) is 15.1. The third-order valence-corrected chi connectivity index (χ3v) is 3.54. The van der Waals surface area contributed by atoms with E-state index < -0.39 is 0 Å². The molecule has 1 rings (SSSR count). The van der Waals surface area contributed by atoms with E-state index in [1.807, 2.05) is 19.2 Å². The van der Waals surface area contributed by atoms with Crippen LogP contribution >= 0.6 is 15.9 Å². The first kappa shape index (κ1) is 13.7. The van der Waals surface area contributed by atoms with E-state index in [1.54, 1.807) is 0 Å². The molecule has 3 heteroatoms. The van der Waals surface area contributed by atoms with Crippen LogP contribution in [0.1, 0.15) is 25.5 Å². The molecule has 0 aliphatic carbocycles. The lowest BCUT2D eigenvalue weighted by molar-refractivity contribution is 0.314. The molecule has 2 unspecified atom stereocenters. The first-order valence-corrected chi connectivity index (χ1v) is 6.51. The fourth-order valence-electron chi connectivity index (χ4n) is 1.95.